The molecule has 1 fully saturated rings. The van der Waals surface area contributed by atoms with Crippen molar-refractivity contribution in [1.29, 1.82) is 5.26 Å². The number of halogens is 4. The fraction of sp³-hybridized carbons (Fsp3) is 0.360. The van der Waals surface area contributed by atoms with Gasteiger partial charge >= 0.3 is 12.3 Å². The van der Waals surface area contributed by atoms with Gasteiger partial charge in [0, 0.05) is 23.2 Å². The topological polar surface area (TPSA) is 76.3 Å². The van der Waals surface area contributed by atoms with E-state index < -0.39 is 25.0 Å². The second-order valence-corrected chi connectivity index (χ2v) is 8.30. The quantitative estimate of drug-likeness (QED) is 0.373. The van der Waals surface area contributed by atoms with Gasteiger partial charge in [-0.15, -0.1) is 0 Å². The van der Waals surface area contributed by atoms with Crippen molar-refractivity contribution in [3.05, 3.63) is 48.0 Å². The number of carbonyl (C=O) groups is 1. The second kappa shape index (κ2) is 9.86. The van der Waals surface area contributed by atoms with Gasteiger partial charge in [0.2, 0.25) is 0 Å². The summed E-state index contributed by atoms with van der Waals surface area (Å²) in [7, 11) is 0. The standard InChI is InChI=1S/C25H23F4N3O3/c1-15(25(27,28)29)35-24(33)31-17-7-5-16(6-8-17)23-21(14-30)20-10-9-19(34-12-11-26)13-22(20)32(23)18-3-2-4-18/h5-10,13,15,18H,2-4,11-12H2,1H3,(H,31,33)/t15-/m1/s1. The minimum atomic E-state index is -4.65. The van der Waals surface area contributed by atoms with Crippen molar-refractivity contribution in [2.75, 3.05) is 18.6 Å². The van der Waals surface area contributed by atoms with Crippen molar-refractivity contribution in [3.8, 4) is 23.1 Å². The minimum absolute atomic E-state index is 0.0632. The lowest BCUT2D eigenvalue weighted by molar-refractivity contribution is -0.196. The first-order valence-electron chi connectivity index (χ1n) is 11.1. The number of nitriles is 1. The number of alkyl halides is 4. The highest BCUT2D eigenvalue weighted by molar-refractivity contribution is 5.96. The number of nitrogens with one attached hydrogen (secondary N) is 1. The predicted octanol–water partition coefficient (Wildman–Crippen LogP) is 6.75. The summed E-state index contributed by atoms with van der Waals surface area (Å²) < 4.78 is 62.3. The lowest BCUT2D eigenvalue weighted by Crippen LogP contribution is -2.32. The molecule has 6 nitrogen and oxygen atoms in total. The van der Waals surface area contributed by atoms with Crippen molar-refractivity contribution in [2.24, 2.45) is 0 Å². The molecule has 3 aromatic rings. The highest BCUT2D eigenvalue weighted by Gasteiger charge is 2.39. The van der Waals surface area contributed by atoms with Crippen LogP contribution < -0.4 is 10.1 Å². The summed E-state index contributed by atoms with van der Waals surface area (Å²) in [6.45, 7) is 0.0745. The average molecular weight is 489 g/mol. The van der Waals surface area contributed by atoms with Crippen molar-refractivity contribution in [2.45, 2.75) is 44.5 Å². The molecule has 2 aromatic carbocycles. The summed E-state index contributed by atoms with van der Waals surface area (Å²) in [6, 6.07) is 14.2. The molecule has 0 spiro atoms. The fourth-order valence-electron chi connectivity index (χ4n) is 4.04. The van der Waals surface area contributed by atoms with E-state index in [0.717, 1.165) is 37.1 Å². The third kappa shape index (κ3) is 5.04. The van der Waals surface area contributed by atoms with Gasteiger partial charge in [0.25, 0.3) is 0 Å². The maximum absolute atomic E-state index is 12.6. The molecular weight excluding hydrogens is 466 g/mol. The first-order valence-corrected chi connectivity index (χ1v) is 11.1. The zero-order valence-corrected chi connectivity index (χ0v) is 18.9. The van der Waals surface area contributed by atoms with Crippen molar-refractivity contribution in [1.82, 2.24) is 4.57 Å². The van der Waals surface area contributed by atoms with Crippen LogP contribution in [-0.4, -0.2) is 36.2 Å². The number of aromatic nitrogens is 1. The molecule has 0 radical (unpaired) electrons. The molecule has 0 unspecified atom stereocenters. The summed E-state index contributed by atoms with van der Waals surface area (Å²) in [5, 5.41) is 13.0. The number of ether oxygens (including phenoxy) is 2. The predicted molar refractivity (Wildman–Crippen MR) is 122 cm³/mol. The van der Waals surface area contributed by atoms with Gasteiger partial charge in [0.15, 0.2) is 6.10 Å². The van der Waals surface area contributed by atoms with E-state index in [-0.39, 0.29) is 18.3 Å². The number of benzene rings is 2. The molecule has 1 saturated carbocycles. The number of anilines is 1. The van der Waals surface area contributed by atoms with E-state index in [0.29, 0.717) is 22.6 Å². The highest BCUT2D eigenvalue weighted by Crippen LogP contribution is 2.43. The molecule has 0 saturated heterocycles. The molecule has 1 heterocycles. The van der Waals surface area contributed by atoms with Crippen LogP contribution in [0.3, 0.4) is 0 Å². The van der Waals surface area contributed by atoms with Gasteiger partial charge in [-0.25, -0.2) is 9.18 Å². The SMILES string of the molecule is C[C@@H](OC(=O)Nc1ccc(-c2c(C#N)c3ccc(OCCF)cc3n2C2CCC2)cc1)C(F)(F)F. The molecule has 1 aliphatic carbocycles. The molecule has 184 valence electrons. The monoisotopic (exact) mass is 489 g/mol. The van der Waals surface area contributed by atoms with Crippen LogP contribution in [0, 0.1) is 11.3 Å². The summed E-state index contributed by atoms with van der Waals surface area (Å²) in [6.07, 6.45) is -5.16. The molecule has 10 heteroatoms. The Balaban J connectivity index is 1.67. The summed E-state index contributed by atoms with van der Waals surface area (Å²) in [5.74, 6) is 0.510. The Kier molecular flexibility index (Phi) is 6.87. The largest absolute Gasteiger partial charge is 0.491 e. The Morgan fingerprint density at radius 3 is 2.51 bits per heavy atom. The Morgan fingerprint density at radius 2 is 1.94 bits per heavy atom. The minimum Gasteiger partial charge on any atom is -0.491 e. The van der Waals surface area contributed by atoms with E-state index in [4.69, 9.17) is 4.74 Å². The molecule has 4 rings (SSSR count). The lowest BCUT2D eigenvalue weighted by Gasteiger charge is -2.30. The second-order valence-electron chi connectivity index (χ2n) is 8.30. The molecule has 1 amide bonds. The Bertz CT molecular complexity index is 1260. The summed E-state index contributed by atoms with van der Waals surface area (Å²) in [4.78, 5) is 11.8. The third-order valence-corrected chi connectivity index (χ3v) is 6.02. The van der Waals surface area contributed by atoms with Gasteiger partial charge in [0.05, 0.1) is 16.8 Å². The molecule has 35 heavy (non-hydrogen) atoms. The van der Waals surface area contributed by atoms with Gasteiger partial charge < -0.3 is 14.0 Å². The van der Waals surface area contributed by atoms with E-state index in [1.54, 1.807) is 30.3 Å². The number of hydrogen-bond acceptors (Lipinski definition) is 4. The fourth-order valence-corrected chi connectivity index (χ4v) is 4.04. The van der Waals surface area contributed by atoms with E-state index in [9.17, 15) is 27.6 Å². The Hall–Kier alpha value is -3.74. The first-order chi connectivity index (χ1) is 16.7. The van der Waals surface area contributed by atoms with Crippen LogP contribution >= 0.6 is 0 Å². The maximum Gasteiger partial charge on any atom is 0.425 e. The third-order valence-electron chi connectivity index (χ3n) is 6.02. The van der Waals surface area contributed by atoms with Crippen LogP contribution in [0.25, 0.3) is 22.2 Å². The van der Waals surface area contributed by atoms with Crippen LogP contribution in [0.1, 0.15) is 37.8 Å². The highest BCUT2D eigenvalue weighted by atomic mass is 19.4. The Morgan fingerprint density at radius 1 is 1.23 bits per heavy atom. The maximum atomic E-state index is 12.6. The van der Waals surface area contributed by atoms with Crippen molar-refractivity contribution >= 4 is 22.7 Å². The number of nitrogens with zero attached hydrogens (tertiary/aromatic N) is 2. The zero-order chi connectivity index (χ0) is 25.2. The first kappa shape index (κ1) is 24.4. The number of fused-ring (bicyclic) bond motifs is 1. The average Bonchev–Trinajstić information content (AvgIpc) is 3.09. The Labute approximate surface area is 199 Å². The number of rotatable bonds is 7. The van der Waals surface area contributed by atoms with Gasteiger partial charge in [-0.2, -0.15) is 18.4 Å². The zero-order valence-electron chi connectivity index (χ0n) is 18.9. The molecule has 1 aromatic heterocycles. The smallest absolute Gasteiger partial charge is 0.425 e. The molecule has 0 bridgehead atoms. The van der Waals surface area contributed by atoms with Crippen LogP contribution in [0.4, 0.5) is 28.0 Å². The summed E-state index contributed by atoms with van der Waals surface area (Å²) >= 11 is 0. The van der Waals surface area contributed by atoms with Crippen LogP contribution in [-0.2, 0) is 4.74 Å². The van der Waals surface area contributed by atoms with E-state index in [1.807, 2.05) is 0 Å². The molecule has 1 aliphatic rings. The molecule has 0 aliphatic heterocycles. The van der Waals surface area contributed by atoms with Crippen LogP contribution in [0.15, 0.2) is 42.5 Å². The van der Waals surface area contributed by atoms with Gasteiger partial charge in [-0.1, -0.05) is 12.1 Å². The molecule has 1 N–H and O–H groups in total. The number of carbonyl (C=O) groups excluding carboxylic acids is 1. The summed E-state index contributed by atoms with van der Waals surface area (Å²) in [5.41, 5.74) is 2.94. The lowest BCUT2D eigenvalue weighted by atomic mass is 9.92. The van der Waals surface area contributed by atoms with Gasteiger partial charge in [0.1, 0.15) is 25.1 Å². The molecular formula is C25H23F4N3O3. The number of amides is 1. The van der Waals surface area contributed by atoms with Crippen LogP contribution in [0.5, 0.6) is 5.75 Å². The molecule has 1 atom stereocenters. The van der Waals surface area contributed by atoms with Gasteiger partial charge in [-0.3, -0.25) is 5.32 Å². The van der Waals surface area contributed by atoms with E-state index >= 15 is 0 Å². The van der Waals surface area contributed by atoms with E-state index in [1.165, 1.54) is 12.1 Å². The number of hydrogen-bond donors (Lipinski definition) is 1. The van der Waals surface area contributed by atoms with Crippen molar-refractivity contribution in [3.63, 3.8) is 0 Å². The normalized spacial score (nSPS) is 14.7. The van der Waals surface area contributed by atoms with Crippen LogP contribution in [0.2, 0.25) is 0 Å². The van der Waals surface area contributed by atoms with E-state index in [2.05, 4.69) is 20.7 Å². The van der Waals surface area contributed by atoms with Gasteiger partial charge in [-0.05, 0) is 56.0 Å². The van der Waals surface area contributed by atoms with Crippen molar-refractivity contribution < 1.29 is 31.8 Å².